The zero-order chi connectivity index (χ0) is 23.5. The van der Waals surface area contributed by atoms with Gasteiger partial charge in [-0.15, -0.1) is 26.3 Å². The average molecular weight is 471 g/mol. The van der Waals surface area contributed by atoms with Gasteiger partial charge in [0.1, 0.15) is 6.61 Å². The molecule has 0 unspecified atom stereocenters. The molecule has 32 heavy (non-hydrogen) atoms. The Balaban J connectivity index is 1.28. The molecule has 3 rings (SSSR count). The molecular weight excluding hydrogens is 448 g/mol. The minimum atomic E-state index is -4.67. The van der Waals surface area contributed by atoms with E-state index in [1.54, 1.807) is 10.8 Å². The molecule has 1 aromatic rings. The maximum atomic E-state index is 12.2. The number of carbonyl (C=O) groups is 1. The molecule has 0 bridgehead atoms. The summed E-state index contributed by atoms with van der Waals surface area (Å²) < 4.78 is 87.4. The maximum Gasteiger partial charge on any atom is 0.522 e. The zero-order valence-electron chi connectivity index (χ0n) is 16.9. The molecule has 1 N–H and O–H groups in total. The summed E-state index contributed by atoms with van der Waals surface area (Å²) in [7, 11) is 0. The Kier molecular flexibility index (Phi) is 7.50. The molecule has 2 aliphatic rings. The van der Waals surface area contributed by atoms with E-state index in [1.165, 1.54) is 6.33 Å². The topological polar surface area (TPSA) is 74.6 Å². The van der Waals surface area contributed by atoms with Crippen LogP contribution >= 0.6 is 0 Å². The van der Waals surface area contributed by atoms with Crippen molar-refractivity contribution in [3.8, 4) is 0 Å². The molecular formula is C19H23F6N3O4. The van der Waals surface area contributed by atoms with Gasteiger partial charge in [-0.2, -0.15) is 0 Å². The SMILES string of the molecule is C=C(CCNC(=O)COC1CC(OC(F)(F)F)C1)n1cnc(C2CC(OC(F)(F)F)C2)c1. The zero-order valence-corrected chi connectivity index (χ0v) is 16.9. The third-order valence-electron chi connectivity index (χ3n) is 5.32. The quantitative estimate of drug-likeness (QED) is 0.527. The molecule has 13 heteroatoms. The summed E-state index contributed by atoms with van der Waals surface area (Å²) in [6.07, 6.45) is -7.32. The van der Waals surface area contributed by atoms with Crippen LogP contribution in [0.5, 0.6) is 0 Å². The van der Waals surface area contributed by atoms with E-state index in [0.717, 1.165) is 0 Å². The van der Waals surface area contributed by atoms with Crippen molar-refractivity contribution in [3.63, 3.8) is 0 Å². The van der Waals surface area contributed by atoms with Gasteiger partial charge < -0.3 is 14.6 Å². The second-order valence-corrected chi connectivity index (χ2v) is 7.82. The van der Waals surface area contributed by atoms with Crippen molar-refractivity contribution in [2.24, 2.45) is 0 Å². The lowest BCUT2D eigenvalue weighted by atomic mass is 9.80. The summed E-state index contributed by atoms with van der Waals surface area (Å²) in [5, 5.41) is 2.62. The number of amides is 1. The first-order chi connectivity index (χ1) is 14.9. The standard InChI is InChI=1S/C19H23F6N3O4/c1-11(28-8-16(27-10-28)12-4-14(5-12)31-18(20,21)22)2-3-26-17(29)9-30-13-6-15(7-13)32-19(23,24)25/h8,10,12-15H,1-7,9H2,(H,26,29). The molecule has 1 heterocycles. The number of alkyl halides is 6. The van der Waals surface area contributed by atoms with Crippen molar-refractivity contribution in [2.45, 2.75) is 69.1 Å². The van der Waals surface area contributed by atoms with Gasteiger partial charge in [0.05, 0.1) is 30.3 Å². The van der Waals surface area contributed by atoms with Crippen LogP contribution in [0.25, 0.3) is 5.70 Å². The molecule has 0 spiro atoms. The summed E-state index contributed by atoms with van der Waals surface area (Å²) in [6, 6.07) is 0. The molecule has 2 saturated carbocycles. The highest BCUT2D eigenvalue weighted by molar-refractivity contribution is 5.77. The third-order valence-corrected chi connectivity index (χ3v) is 5.32. The van der Waals surface area contributed by atoms with Crippen molar-refractivity contribution in [3.05, 3.63) is 24.8 Å². The smallest absolute Gasteiger partial charge is 0.368 e. The highest BCUT2D eigenvalue weighted by atomic mass is 19.4. The van der Waals surface area contributed by atoms with Crippen LogP contribution in [0.4, 0.5) is 26.3 Å². The number of hydrogen-bond donors (Lipinski definition) is 1. The second-order valence-electron chi connectivity index (χ2n) is 7.82. The molecule has 2 fully saturated rings. The summed E-state index contributed by atoms with van der Waals surface area (Å²) in [4.78, 5) is 16.0. The molecule has 0 radical (unpaired) electrons. The van der Waals surface area contributed by atoms with Gasteiger partial charge in [-0.25, -0.2) is 4.98 Å². The largest absolute Gasteiger partial charge is 0.522 e. The Morgan fingerprint density at radius 3 is 2.25 bits per heavy atom. The van der Waals surface area contributed by atoms with E-state index in [9.17, 15) is 31.1 Å². The maximum absolute atomic E-state index is 12.2. The average Bonchev–Trinajstić information content (AvgIpc) is 3.07. The van der Waals surface area contributed by atoms with Crippen molar-refractivity contribution in [1.29, 1.82) is 0 Å². The van der Waals surface area contributed by atoms with E-state index in [2.05, 4.69) is 26.4 Å². The first kappa shape index (κ1) is 24.5. The first-order valence-electron chi connectivity index (χ1n) is 9.97. The molecule has 0 saturated heterocycles. The highest BCUT2D eigenvalue weighted by Gasteiger charge is 2.42. The van der Waals surface area contributed by atoms with E-state index in [1.807, 2.05) is 0 Å². The lowest BCUT2D eigenvalue weighted by molar-refractivity contribution is -0.357. The summed E-state index contributed by atoms with van der Waals surface area (Å²) in [6.45, 7) is 3.88. The van der Waals surface area contributed by atoms with Gasteiger partial charge in [0.15, 0.2) is 0 Å². The van der Waals surface area contributed by atoms with Gasteiger partial charge >= 0.3 is 12.7 Å². The van der Waals surface area contributed by atoms with Crippen LogP contribution in [0.3, 0.4) is 0 Å². The number of nitrogens with one attached hydrogen (secondary N) is 1. The second kappa shape index (κ2) is 9.79. The van der Waals surface area contributed by atoms with E-state index in [-0.39, 0.29) is 44.8 Å². The minimum Gasteiger partial charge on any atom is -0.368 e. The molecule has 2 aliphatic carbocycles. The first-order valence-corrected chi connectivity index (χ1v) is 9.97. The summed E-state index contributed by atoms with van der Waals surface area (Å²) in [5.41, 5.74) is 1.28. The molecule has 7 nitrogen and oxygen atoms in total. The molecule has 180 valence electrons. The van der Waals surface area contributed by atoms with Crippen LogP contribution in [0.15, 0.2) is 19.1 Å². The van der Waals surface area contributed by atoms with Gasteiger partial charge in [-0.1, -0.05) is 6.58 Å². The molecule has 1 aromatic heterocycles. The fourth-order valence-corrected chi connectivity index (χ4v) is 3.47. The van der Waals surface area contributed by atoms with Crippen molar-refractivity contribution >= 4 is 11.6 Å². The van der Waals surface area contributed by atoms with Crippen LogP contribution in [0.2, 0.25) is 0 Å². The lowest BCUT2D eigenvalue weighted by Crippen LogP contribution is -2.42. The fraction of sp³-hybridized carbons (Fsp3) is 0.684. The molecule has 1 amide bonds. The third kappa shape index (κ3) is 7.48. The number of ether oxygens (including phenoxy) is 3. The molecule has 0 atom stereocenters. The number of carbonyl (C=O) groups excluding carboxylic acids is 1. The monoisotopic (exact) mass is 471 g/mol. The minimum absolute atomic E-state index is 0.0800. The van der Waals surface area contributed by atoms with Gasteiger partial charge in [0.25, 0.3) is 0 Å². The van der Waals surface area contributed by atoms with Crippen LogP contribution in [0, 0.1) is 0 Å². The normalized spacial score (nSPS) is 25.7. The van der Waals surface area contributed by atoms with Gasteiger partial charge in [-0.05, 0) is 12.8 Å². The number of rotatable bonds is 10. The lowest BCUT2D eigenvalue weighted by Gasteiger charge is -2.34. The van der Waals surface area contributed by atoms with Crippen molar-refractivity contribution < 1.29 is 45.3 Å². The molecule has 0 aliphatic heterocycles. The van der Waals surface area contributed by atoms with Crippen molar-refractivity contribution in [1.82, 2.24) is 14.9 Å². The Morgan fingerprint density at radius 1 is 1.06 bits per heavy atom. The number of aromatic nitrogens is 2. The van der Waals surface area contributed by atoms with E-state index >= 15 is 0 Å². The number of halogens is 6. The summed E-state index contributed by atoms with van der Waals surface area (Å²) >= 11 is 0. The van der Waals surface area contributed by atoms with Gasteiger partial charge in [0, 0.05) is 43.6 Å². The number of nitrogens with zero attached hydrogens (tertiary/aromatic N) is 2. The van der Waals surface area contributed by atoms with Crippen LogP contribution in [-0.2, 0) is 19.0 Å². The Morgan fingerprint density at radius 2 is 1.66 bits per heavy atom. The van der Waals surface area contributed by atoms with Gasteiger partial charge in [0.2, 0.25) is 5.91 Å². The fourth-order valence-electron chi connectivity index (χ4n) is 3.47. The number of hydrogen-bond acceptors (Lipinski definition) is 5. The Hall–Kier alpha value is -2.12. The highest BCUT2D eigenvalue weighted by Crippen LogP contribution is 2.40. The van der Waals surface area contributed by atoms with Crippen LogP contribution < -0.4 is 5.32 Å². The predicted molar refractivity (Wildman–Crippen MR) is 98.0 cm³/mol. The molecule has 0 aromatic carbocycles. The van der Waals surface area contributed by atoms with E-state index in [4.69, 9.17) is 4.74 Å². The van der Waals surface area contributed by atoms with Gasteiger partial charge in [-0.3, -0.25) is 14.3 Å². The van der Waals surface area contributed by atoms with Crippen LogP contribution in [0.1, 0.15) is 43.7 Å². The van der Waals surface area contributed by atoms with E-state index in [0.29, 0.717) is 17.8 Å². The van der Waals surface area contributed by atoms with Crippen LogP contribution in [-0.4, -0.2) is 59.6 Å². The van der Waals surface area contributed by atoms with E-state index < -0.39 is 36.9 Å². The number of imidazole rings is 1. The predicted octanol–water partition coefficient (Wildman–Crippen LogP) is 3.73. The Labute approximate surface area is 179 Å². The van der Waals surface area contributed by atoms with Crippen molar-refractivity contribution in [2.75, 3.05) is 13.2 Å². The Bertz CT molecular complexity index is 798. The summed E-state index contributed by atoms with van der Waals surface area (Å²) in [5.74, 6) is -0.518.